The Morgan fingerprint density at radius 1 is 1.23 bits per heavy atom. The Kier molecular flexibility index (Phi) is 5.36. The molecule has 5 nitrogen and oxygen atoms in total. The van der Waals surface area contributed by atoms with E-state index in [1.54, 1.807) is 18.2 Å². The van der Waals surface area contributed by atoms with Crippen LogP contribution in [0.4, 0.5) is 18.0 Å². The number of carbonyl (C=O) groups is 2. The first-order valence-corrected chi connectivity index (χ1v) is 10.2. The van der Waals surface area contributed by atoms with Crippen LogP contribution in [0.3, 0.4) is 0 Å². The van der Waals surface area contributed by atoms with Crippen LogP contribution in [0.25, 0.3) is 0 Å². The molecular weight excluding hydrogens is 443 g/mol. The number of halogens is 4. The van der Waals surface area contributed by atoms with Gasteiger partial charge in [0, 0.05) is 12.0 Å². The summed E-state index contributed by atoms with van der Waals surface area (Å²) < 4.78 is 50.5. The molecule has 30 heavy (non-hydrogen) atoms. The third kappa shape index (κ3) is 3.96. The molecule has 2 amide bonds. The lowest BCUT2D eigenvalue weighted by atomic mass is 9.89. The molecule has 1 N–H and O–H groups in total. The standard InChI is InChI=1S/C20H15ClF3NO4S/c1-9-6-16(14(21)8-13(9)20(22,23)24)29-10-2-3-11-12(4-5-28-15(11)7-10)17-18(26)25-19(27)30-17/h2-3,6-8,12,17H,4-5H2,1H3,(H,25,26,27)/t12-,17?/m1/s1. The number of hydrogen-bond donors (Lipinski definition) is 1. The van der Waals surface area contributed by atoms with Crippen LogP contribution in [0, 0.1) is 6.92 Å². The number of nitrogens with one attached hydrogen (secondary N) is 1. The van der Waals surface area contributed by atoms with E-state index in [2.05, 4.69) is 5.32 Å². The van der Waals surface area contributed by atoms with E-state index in [1.165, 1.54) is 13.0 Å². The van der Waals surface area contributed by atoms with E-state index in [0.29, 0.717) is 24.5 Å². The van der Waals surface area contributed by atoms with E-state index in [-0.39, 0.29) is 33.4 Å². The van der Waals surface area contributed by atoms with Gasteiger partial charge in [-0.15, -0.1) is 0 Å². The minimum absolute atomic E-state index is 0.00916. The van der Waals surface area contributed by atoms with Crippen LogP contribution in [-0.2, 0) is 11.0 Å². The molecule has 2 aromatic rings. The number of thioether (sulfide) groups is 1. The number of fused-ring (bicyclic) bond motifs is 1. The number of alkyl halides is 3. The van der Waals surface area contributed by atoms with Gasteiger partial charge in [-0.2, -0.15) is 13.2 Å². The molecule has 0 radical (unpaired) electrons. The zero-order valence-corrected chi connectivity index (χ0v) is 17.1. The van der Waals surface area contributed by atoms with E-state index >= 15 is 0 Å². The van der Waals surface area contributed by atoms with Crippen molar-refractivity contribution in [1.82, 2.24) is 5.32 Å². The predicted molar refractivity (Wildman–Crippen MR) is 105 cm³/mol. The Morgan fingerprint density at radius 2 is 2.00 bits per heavy atom. The number of aryl methyl sites for hydroxylation is 1. The highest BCUT2D eigenvalue weighted by Gasteiger charge is 2.41. The number of amides is 2. The SMILES string of the molecule is Cc1cc(Oc2ccc3c(c2)OCC[C@H]3C2SC(=O)NC2=O)c(Cl)cc1C(F)(F)F. The van der Waals surface area contributed by atoms with E-state index in [0.717, 1.165) is 23.4 Å². The molecule has 0 aliphatic carbocycles. The maximum Gasteiger partial charge on any atom is 0.416 e. The van der Waals surface area contributed by atoms with E-state index in [9.17, 15) is 22.8 Å². The summed E-state index contributed by atoms with van der Waals surface area (Å²) in [6, 6.07) is 7.03. The Labute approximate surface area is 178 Å². The summed E-state index contributed by atoms with van der Waals surface area (Å²) in [6.45, 7) is 1.69. The van der Waals surface area contributed by atoms with Crippen LogP contribution in [0.2, 0.25) is 5.02 Å². The van der Waals surface area contributed by atoms with E-state index in [1.807, 2.05) is 0 Å². The van der Waals surface area contributed by atoms with E-state index in [4.69, 9.17) is 21.1 Å². The second kappa shape index (κ2) is 7.70. The third-order valence-corrected chi connectivity index (χ3v) is 6.37. The maximum absolute atomic E-state index is 13.0. The Bertz CT molecular complexity index is 1040. The molecule has 2 heterocycles. The average molecular weight is 458 g/mol. The zero-order valence-electron chi connectivity index (χ0n) is 15.5. The lowest BCUT2D eigenvalue weighted by Crippen LogP contribution is -2.31. The highest BCUT2D eigenvalue weighted by Crippen LogP contribution is 2.44. The first-order valence-electron chi connectivity index (χ1n) is 8.97. The van der Waals surface area contributed by atoms with Crippen LogP contribution in [0.5, 0.6) is 17.2 Å². The second-order valence-electron chi connectivity index (χ2n) is 6.96. The van der Waals surface area contributed by atoms with Gasteiger partial charge in [-0.3, -0.25) is 14.9 Å². The molecule has 1 fully saturated rings. The highest BCUT2D eigenvalue weighted by molar-refractivity contribution is 8.15. The van der Waals surface area contributed by atoms with Crippen molar-refractivity contribution in [2.24, 2.45) is 0 Å². The van der Waals surface area contributed by atoms with Crippen molar-refractivity contribution >= 4 is 34.5 Å². The summed E-state index contributed by atoms with van der Waals surface area (Å²) in [4.78, 5) is 23.6. The van der Waals surface area contributed by atoms with Gasteiger partial charge in [0.15, 0.2) is 0 Å². The van der Waals surface area contributed by atoms with Crippen molar-refractivity contribution in [3.63, 3.8) is 0 Å². The Balaban J connectivity index is 1.60. The Hall–Kier alpha value is -2.39. The predicted octanol–water partition coefficient (Wildman–Crippen LogP) is 5.68. The van der Waals surface area contributed by atoms with E-state index < -0.39 is 17.0 Å². The molecule has 2 aliphatic heterocycles. The summed E-state index contributed by atoms with van der Waals surface area (Å²) in [5.74, 6) is 0.392. The molecular formula is C20H15ClF3NO4S. The average Bonchev–Trinajstić information content (AvgIpc) is 3.00. The molecule has 10 heteroatoms. The summed E-state index contributed by atoms with van der Waals surface area (Å²) >= 11 is 6.97. The smallest absolute Gasteiger partial charge is 0.416 e. The molecule has 0 spiro atoms. The van der Waals surface area contributed by atoms with Crippen LogP contribution < -0.4 is 14.8 Å². The first kappa shape index (κ1) is 20.9. The molecule has 2 aromatic carbocycles. The van der Waals surface area contributed by atoms with Gasteiger partial charge in [0.25, 0.3) is 5.24 Å². The van der Waals surface area contributed by atoms with Crippen molar-refractivity contribution in [2.75, 3.05) is 6.61 Å². The molecule has 0 bridgehead atoms. The van der Waals surface area contributed by atoms with Crippen molar-refractivity contribution in [2.45, 2.75) is 30.7 Å². The van der Waals surface area contributed by atoms with Gasteiger partial charge >= 0.3 is 6.18 Å². The molecule has 2 aliphatic rings. The fraction of sp³-hybridized carbons (Fsp3) is 0.300. The van der Waals surface area contributed by atoms with Crippen molar-refractivity contribution < 1.29 is 32.2 Å². The molecule has 4 rings (SSSR count). The molecule has 1 unspecified atom stereocenters. The van der Waals surface area contributed by atoms with Gasteiger partial charge in [0.2, 0.25) is 5.91 Å². The molecule has 1 saturated heterocycles. The topological polar surface area (TPSA) is 64.6 Å². The minimum Gasteiger partial charge on any atom is -0.493 e. The fourth-order valence-corrected chi connectivity index (χ4v) is 4.78. The van der Waals surface area contributed by atoms with Gasteiger partial charge in [0.1, 0.15) is 22.5 Å². The molecule has 2 atom stereocenters. The van der Waals surface area contributed by atoms with Gasteiger partial charge < -0.3 is 9.47 Å². The van der Waals surface area contributed by atoms with Gasteiger partial charge in [-0.1, -0.05) is 29.4 Å². The number of rotatable bonds is 3. The van der Waals surface area contributed by atoms with Crippen molar-refractivity contribution in [1.29, 1.82) is 0 Å². The lowest BCUT2D eigenvalue weighted by molar-refractivity contribution is -0.138. The van der Waals surface area contributed by atoms with Crippen LogP contribution in [0.15, 0.2) is 30.3 Å². The largest absolute Gasteiger partial charge is 0.493 e. The summed E-state index contributed by atoms with van der Waals surface area (Å²) in [5.41, 5.74) is -0.0610. The number of benzene rings is 2. The normalized spacial score (nSPS) is 21.1. The third-order valence-electron chi connectivity index (χ3n) is 4.97. The number of imide groups is 1. The highest BCUT2D eigenvalue weighted by atomic mass is 35.5. The number of carbonyl (C=O) groups excluding carboxylic acids is 2. The lowest BCUT2D eigenvalue weighted by Gasteiger charge is -2.28. The van der Waals surface area contributed by atoms with Crippen molar-refractivity contribution in [3.8, 4) is 17.2 Å². The van der Waals surface area contributed by atoms with Crippen LogP contribution in [0.1, 0.15) is 29.0 Å². The number of hydrogen-bond acceptors (Lipinski definition) is 5. The minimum atomic E-state index is -4.51. The number of ether oxygens (including phenoxy) is 2. The van der Waals surface area contributed by atoms with Gasteiger partial charge in [-0.05, 0) is 42.7 Å². The van der Waals surface area contributed by atoms with Gasteiger partial charge in [-0.25, -0.2) is 0 Å². The molecule has 0 aromatic heterocycles. The van der Waals surface area contributed by atoms with Crippen LogP contribution in [-0.4, -0.2) is 23.0 Å². The molecule has 0 saturated carbocycles. The summed E-state index contributed by atoms with van der Waals surface area (Å²) in [5, 5.41) is 1.23. The monoisotopic (exact) mass is 457 g/mol. The molecule has 158 valence electrons. The summed E-state index contributed by atoms with van der Waals surface area (Å²) in [6.07, 6.45) is -3.93. The van der Waals surface area contributed by atoms with Crippen molar-refractivity contribution in [3.05, 3.63) is 52.0 Å². The zero-order chi connectivity index (χ0) is 21.6. The quantitative estimate of drug-likeness (QED) is 0.642. The van der Waals surface area contributed by atoms with Crippen LogP contribution >= 0.6 is 23.4 Å². The fourth-order valence-electron chi connectivity index (χ4n) is 3.58. The second-order valence-corrected chi connectivity index (χ2v) is 8.48. The Morgan fingerprint density at radius 3 is 2.67 bits per heavy atom. The van der Waals surface area contributed by atoms with Gasteiger partial charge in [0.05, 0.1) is 17.2 Å². The maximum atomic E-state index is 13.0. The summed E-state index contributed by atoms with van der Waals surface area (Å²) in [7, 11) is 0. The first-order chi connectivity index (χ1) is 14.1.